The number of carbonyl (C=O) groups is 2. The van der Waals surface area contributed by atoms with E-state index in [1.54, 1.807) is 18.2 Å². The first kappa shape index (κ1) is 17.8. The van der Waals surface area contributed by atoms with Crippen molar-refractivity contribution in [3.63, 3.8) is 0 Å². The van der Waals surface area contributed by atoms with Crippen molar-refractivity contribution in [1.29, 1.82) is 0 Å². The molecule has 2 aliphatic heterocycles. The van der Waals surface area contributed by atoms with Gasteiger partial charge in [0.15, 0.2) is 15.2 Å². The summed E-state index contributed by atoms with van der Waals surface area (Å²) in [6.45, 7) is 0. The number of halogens is 1. The van der Waals surface area contributed by atoms with Gasteiger partial charge < -0.3 is 9.90 Å². The molecule has 0 aromatic carbocycles. The van der Waals surface area contributed by atoms with Crippen LogP contribution in [-0.4, -0.2) is 41.3 Å². The van der Waals surface area contributed by atoms with Gasteiger partial charge in [-0.15, -0.1) is 0 Å². The predicted octanol–water partition coefficient (Wildman–Crippen LogP) is -4.00. The van der Waals surface area contributed by atoms with Gasteiger partial charge in [0.2, 0.25) is 0 Å². The third-order valence-electron chi connectivity index (χ3n) is 3.32. The van der Waals surface area contributed by atoms with E-state index < -0.39 is 44.4 Å². The van der Waals surface area contributed by atoms with Gasteiger partial charge in [0.05, 0.1) is 17.2 Å². The SMILES string of the molecule is O=C([O-])C1=C(F)CS(=O)(=O)[C@@H]2/C(=C\c3ccccn3)C(=O)N12.[Na+]. The minimum absolute atomic E-state index is 0. The molecule has 0 radical (unpaired) electrons. The summed E-state index contributed by atoms with van der Waals surface area (Å²) < 4.78 is 37.7. The molecule has 1 aromatic heterocycles. The Bertz CT molecular complexity index is 850. The van der Waals surface area contributed by atoms with Gasteiger partial charge >= 0.3 is 29.6 Å². The van der Waals surface area contributed by atoms with Crippen LogP contribution in [0.1, 0.15) is 5.69 Å². The summed E-state index contributed by atoms with van der Waals surface area (Å²) in [5, 5.41) is 9.43. The number of fused-ring (bicyclic) bond motifs is 1. The van der Waals surface area contributed by atoms with Gasteiger partial charge in [0.25, 0.3) is 5.91 Å². The third-order valence-corrected chi connectivity index (χ3v) is 5.12. The van der Waals surface area contributed by atoms with Crippen molar-refractivity contribution in [3.8, 4) is 0 Å². The summed E-state index contributed by atoms with van der Waals surface area (Å²) in [7, 11) is -4.06. The van der Waals surface area contributed by atoms with Crippen molar-refractivity contribution in [2.24, 2.45) is 0 Å². The van der Waals surface area contributed by atoms with Crippen LogP contribution in [0.3, 0.4) is 0 Å². The van der Waals surface area contributed by atoms with Crippen LogP contribution in [0.2, 0.25) is 0 Å². The van der Waals surface area contributed by atoms with Crippen molar-refractivity contribution in [3.05, 3.63) is 47.2 Å². The first-order valence-electron chi connectivity index (χ1n) is 6.10. The number of β-lactam (4-membered cyclic amide) rings is 1. The number of sulfone groups is 1. The number of aromatic nitrogens is 1. The van der Waals surface area contributed by atoms with Crippen molar-refractivity contribution in [1.82, 2.24) is 9.88 Å². The fourth-order valence-electron chi connectivity index (χ4n) is 2.41. The van der Waals surface area contributed by atoms with E-state index in [-0.39, 0.29) is 35.1 Å². The first-order valence-corrected chi connectivity index (χ1v) is 7.82. The first-order chi connectivity index (χ1) is 10.3. The van der Waals surface area contributed by atoms with Crippen molar-refractivity contribution >= 4 is 27.8 Å². The topological polar surface area (TPSA) is 107 Å². The molecular formula is C13H8FN2NaO5S. The molecule has 0 N–H and O–H groups in total. The number of amides is 1. The number of aliphatic carboxylic acids is 1. The van der Waals surface area contributed by atoms with Gasteiger partial charge in [-0.25, -0.2) is 12.8 Å². The maximum atomic E-state index is 13.6. The number of hydrogen-bond donors (Lipinski definition) is 0. The second-order valence-electron chi connectivity index (χ2n) is 4.73. The summed E-state index contributed by atoms with van der Waals surface area (Å²) in [5.41, 5.74) is -0.835. The van der Waals surface area contributed by atoms with Gasteiger partial charge in [-0.2, -0.15) is 0 Å². The summed E-state index contributed by atoms with van der Waals surface area (Å²) in [6.07, 6.45) is 2.70. The van der Waals surface area contributed by atoms with Crippen molar-refractivity contribution in [2.75, 3.05) is 5.75 Å². The number of nitrogens with zero attached hydrogens (tertiary/aromatic N) is 2. The van der Waals surface area contributed by atoms with E-state index in [1.807, 2.05) is 0 Å². The molecule has 3 heterocycles. The molecule has 1 amide bonds. The van der Waals surface area contributed by atoms with Crippen LogP contribution in [0.25, 0.3) is 6.08 Å². The van der Waals surface area contributed by atoms with Crippen LogP contribution in [0, 0.1) is 0 Å². The molecule has 23 heavy (non-hydrogen) atoms. The smallest absolute Gasteiger partial charge is 0.543 e. The molecule has 0 unspecified atom stereocenters. The van der Waals surface area contributed by atoms with Crippen LogP contribution >= 0.6 is 0 Å². The minimum atomic E-state index is -4.06. The molecule has 114 valence electrons. The summed E-state index contributed by atoms with van der Waals surface area (Å²) >= 11 is 0. The fraction of sp³-hybridized carbons (Fsp3) is 0.154. The molecule has 0 bridgehead atoms. The Balaban J connectivity index is 0.00000192. The van der Waals surface area contributed by atoms with Gasteiger partial charge in [0.1, 0.15) is 17.3 Å². The number of hydrogen-bond acceptors (Lipinski definition) is 6. The average Bonchev–Trinajstić information content (AvgIpc) is 2.44. The quantitative estimate of drug-likeness (QED) is 0.307. The van der Waals surface area contributed by atoms with Gasteiger partial charge in [-0.3, -0.25) is 14.7 Å². The van der Waals surface area contributed by atoms with E-state index in [2.05, 4.69) is 4.98 Å². The number of rotatable bonds is 2. The van der Waals surface area contributed by atoms with E-state index in [1.165, 1.54) is 12.3 Å². The second-order valence-corrected chi connectivity index (χ2v) is 6.79. The Kier molecular flexibility index (Phi) is 4.76. The molecule has 10 heteroatoms. The third kappa shape index (κ3) is 2.85. The number of carbonyl (C=O) groups excluding carboxylic acids is 2. The zero-order valence-electron chi connectivity index (χ0n) is 11.9. The number of carboxylic acid groups (broad SMARTS) is 1. The number of pyridine rings is 1. The zero-order valence-corrected chi connectivity index (χ0v) is 14.7. The van der Waals surface area contributed by atoms with Crippen LogP contribution in [0.4, 0.5) is 4.39 Å². The normalized spacial score (nSPS) is 23.9. The van der Waals surface area contributed by atoms with E-state index in [0.29, 0.717) is 10.6 Å². The Hall–Kier alpha value is -1.55. The number of carboxylic acids is 1. The minimum Gasteiger partial charge on any atom is -0.543 e. The maximum absolute atomic E-state index is 13.6. The molecule has 3 rings (SSSR count). The summed E-state index contributed by atoms with van der Waals surface area (Å²) in [4.78, 5) is 27.3. The van der Waals surface area contributed by atoms with E-state index in [9.17, 15) is 27.5 Å². The molecule has 0 saturated carbocycles. The zero-order chi connectivity index (χ0) is 16.1. The molecular weight excluding hydrogens is 338 g/mol. The van der Waals surface area contributed by atoms with Crippen LogP contribution in [0.5, 0.6) is 0 Å². The Labute approximate surface area is 152 Å². The van der Waals surface area contributed by atoms with Crippen molar-refractivity contribution < 1.29 is 57.1 Å². The van der Waals surface area contributed by atoms with Crippen LogP contribution < -0.4 is 34.7 Å². The Morgan fingerprint density at radius 3 is 2.70 bits per heavy atom. The van der Waals surface area contributed by atoms with E-state index in [0.717, 1.165) is 0 Å². The standard InChI is InChI=1S/C13H9FN2O5S.Na/c14-9-6-22(20,21)12-8(5-7-3-1-2-4-15-7)11(17)16(12)10(9)13(18)19;/h1-5,12H,6H2,(H,18,19);/q;+1/p-1/b8-5-;/t12-;/m1./s1. The van der Waals surface area contributed by atoms with E-state index in [4.69, 9.17) is 0 Å². The van der Waals surface area contributed by atoms with Gasteiger partial charge in [-0.05, 0) is 18.2 Å². The summed E-state index contributed by atoms with van der Waals surface area (Å²) in [6, 6.07) is 4.83. The molecule has 1 saturated heterocycles. The van der Waals surface area contributed by atoms with Gasteiger partial charge in [-0.1, -0.05) is 6.07 Å². The average molecular weight is 346 g/mol. The molecule has 1 aromatic rings. The largest absolute Gasteiger partial charge is 1.00 e. The molecule has 1 fully saturated rings. The van der Waals surface area contributed by atoms with Crippen LogP contribution in [-0.2, 0) is 19.4 Å². The molecule has 0 aliphatic carbocycles. The summed E-state index contributed by atoms with van der Waals surface area (Å²) in [5.74, 6) is -5.30. The second kappa shape index (κ2) is 6.16. The molecule has 1 atom stereocenters. The van der Waals surface area contributed by atoms with Crippen molar-refractivity contribution in [2.45, 2.75) is 5.37 Å². The monoisotopic (exact) mass is 346 g/mol. The molecule has 2 aliphatic rings. The Morgan fingerprint density at radius 1 is 1.43 bits per heavy atom. The molecule has 0 spiro atoms. The van der Waals surface area contributed by atoms with E-state index >= 15 is 0 Å². The van der Waals surface area contributed by atoms with Crippen LogP contribution in [0.15, 0.2) is 41.5 Å². The predicted molar refractivity (Wildman–Crippen MR) is 69.8 cm³/mol. The maximum Gasteiger partial charge on any atom is 1.00 e. The van der Waals surface area contributed by atoms with Gasteiger partial charge in [0, 0.05) is 6.20 Å². The Morgan fingerprint density at radius 2 is 2.13 bits per heavy atom. The molecule has 7 nitrogen and oxygen atoms in total. The fourth-order valence-corrected chi connectivity index (χ4v) is 4.14.